The number of hydrogen-bond acceptors (Lipinski definition) is 4. The van der Waals surface area contributed by atoms with Gasteiger partial charge in [-0.2, -0.15) is 0 Å². The van der Waals surface area contributed by atoms with Gasteiger partial charge in [0.1, 0.15) is 10.6 Å². The van der Waals surface area contributed by atoms with E-state index < -0.39 is 9.05 Å². The molecule has 1 aromatic rings. The summed E-state index contributed by atoms with van der Waals surface area (Å²) in [6.45, 7) is 6.63. The molecule has 1 rings (SSSR count). The summed E-state index contributed by atoms with van der Waals surface area (Å²) in [4.78, 5) is 11.8. The molecule has 1 aromatic carbocycles. The average molecular weight is 334 g/mol. The summed E-state index contributed by atoms with van der Waals surface area (Å²) in [6.07, 6.45) is 0.949. The van der Waals surface area contributed by atoms with E-state index in [4.69, 9.17) is 15.4 Å². The molecule has 0 bridgehead atoms. The Labute approximate surface area is 130 Å². The average Bonchev–Trinajstić information content (AvgIpc) is 2.43. The van der Waals surface area contributed by atoms with Crippen LogP contribution in [0.25, 0.3) is 0 Å². The minimum Gasteiger partial charge on any atom is -0.492 e. The van der Waals surface area contributed by atoms with Gasteiger partial charge in [-0.15, -0.1) is 0 Å². The number of carbonyl (C=O) groups is 1. The summed E-state index contributed by atoms with van der Waals surface area (Å²) in [5.41, 5.74) is 0.237. The largest absolute Gasteiger partial charge is 0.492 e. The Kier molecular flexibility index (Phi) is 6.48. The van der Waals surface area contributed by atoms with Gasteiger partial charge in [-0.3, -0.25) is 4.79 Å². The Morgan fingerprint density at radius 1 is 1.38 bits per heavy atom. The van der Waals surface area contributed by atoms with Gasteiger partial charge >= 0.3 is 0 Å². The zero-order valence-corrected chi connectivity index (χ0v) is 13.9. The maximum Gasteiger partial charge on any atom is 0.265 e. The van der Waals surface area contributed by atoms with Crippen molar-refractivity contribution in [1.82, 2.24) is 5.32 Å². The third-order valence-corrected chi connectivity index (χ3v) is 4.42. The normalized spacial score (nSPS) is 12.8. The van der Waals surface area contributed by atoms with E-state index in [1.165, 1.54) is 18.2 Å². The first-order chi connectivity index (χ1) is 9.79. The molecule has 0 saturated heterocycles. The second-order valence-electron chi connectivity index (χ2n) is 4.76. The highest BCUT2D eigenvalue weighted by atomic mass is 35.7. The van der Waals surface area contributed by atoms with Gasteiger partial charge in [0.05, 0.1) is 6.61 Å². The molecule has 5 nitrogen and oxygen atoms in total. The van der Waals surface area contributed by atoms with E-state index in [9.17, 15) is 13.2 Å². The van der Waals surface area contributed by atoms with Gasteiger partial charge in [0.25, 0.3) is 15.0 Å². The van der Waals surface area contributed by atoms with Crippen LogP contribution in [0.15, 0.2) is 23.1 Å². The molecule has 0 aromatic heterocycles. The summed E-state index contributed by atoms with van der Waals surface area (Å²) in [5.74, 6) is 0.166. The van der Waals surface area contributed by atoms with Crippen LogP contribution in [0.3, 0.4) is 0 Å². The second-order valence-corrected chi connectivity index (χ2v) is 7.29. The number of rotatable bonds is 7. The van der Waals surface area contributed by atoms with Crippen molar-refractivity contribution in [3.05, 3.63) is 23.8 Å². The van der Waals surface area contributed by atoms with E-state index in [0.717, 1.165) is 6.42 Å². The van der Waals surface area contributed by atoms with Crippen LogP contribution in [0, 0.1) is 5.92 Å². The van der Waals surface area contributed by atoms with Gasteiger partial charge in [0.15, 0.2) is 0 Å². The number of ether oxygens (including phenoxy) is 1. The minimum atomic E-state index is -3.98. The molecule has 118 valence electrons. The van der Waals surface area contributed by atoms with Crippen molar-refractivity contribution in [2.45, 2.75) is 32.1 Å². The standard InChI is InChI=1S/C14H20ClNO4S/c1-4-10(3)9-16-14(17)11-6-7-12(20-5-2)13(8-11)21(15,18)19/h6-8,10H,4-5,9H2,1-3H3,(H,16,17). The summed E-state index contributed by atoms with van der Waals surface area (Å²) in [6, 6.07) is 4.19. The molecule has 0 spiro atoms. The molecule has 0 heterocycles. The van der Waals surface area contributed by atoms with E-state index in [0.29, 0.717) is 19.1 Å². The van der Waals surface area contributed by atoms with E-state index in [-0.39, 0.29) is 22.1 Å². The lowest BCUT2D eigenvalue weighted by atomic mass is 10.1. The zero-order chi connectivity index (χ0) is 16.0. The van der Waals surface area contributed by atoms with Crippen LogP contribution in [-0.2, 0) is 9.05 Å². The number of amides is 1. The van der Waals surface area contributed by atoms with Crippen molar-refractivity contribution in [1.29, 1.82) is 0 Å². The van der Waals surface area contributed by atoms with Gasteiger partial charge in [-0.05, 0) is 31.0 Å². The summed E-state index contributed by atoms with van der Waals surface area (Å²) in [7, 11) is 1.41. The SMILES string of the molecule is CCOc1ccc(C(=O)NCC(C)CC)cc1S(=O)(=O)Cl. The number of carbonyl (C=O) groups excluding carboxylic acids is 1. The fraction of sp³-hybridized carbons (Fsp3) is 0.500. The molecule has 1 amide bonds. The number of benzene rings is 1. The fourth-order valence-electron chi connectivity index (χ4n) is 1.63. The third-order valence-electron chi connectivity index (χ3n) is 3.08. The van der Waals surface area contributed by atoms with Crippen molar-refractivity contribution in [3.8, 4) is 5.75 Å². The van der Waals surface area contributed by atoms with Gasteiger partial charge in [-0.25, -0.2) is 8.42 Å². The van der Waals surface area contributed by atoms with E-state index in [2.05, 4.69) is 5.32 Å². The lowest BCUT2D eigenvalue weighted by Gasteiger charge is -2.12. The molecule has 0 fully saturated rings. The molecule has 0 radical (unpaired) electrons. The van der Waals surface area contributed by atoms with Crippen molar-refractivity contribution in [2.24, 2.45) is 5.92 Å². The maximum absolute atomic E-state index is 12.0. The van der Waals surface area contributed by atoms with E-state index in [1.807, 2.05) is 13.8 Å². The molecule has 21 heavy (non-hydrogen) atoms. The van der Waals surface area contributed by atoms with Crippen LogP contribution in [0.4, 0.5) is 0 Å². The highest BCUT2D eigenvalue weighted by molar-refractivity contribution is 8.13. The summed E-state index contributed by atoms with van der Waals surface area (Å²) >= 11 is 0. The van der Waals surface area contributed by atoms with Crippen LogP contribution >= 0.6 is 10.7 Å². The molecule has 1 N–H and O–H groups in total. The van der Waals surface area contributed by atoms with Crippen molar-refractivity contribution in [3.63, 3.8) is 0 Å². The van der Waals surface area contributed by atoms with E-state index in [1.54, 1.807) is 6.92 Å². The number of hydrogen-bond donors (Lipinski definition) is 1. The zero-order valence-electron chi connectivity index (χ0n) is 12.3. The summed E-state index contributed by atoms with van der Waals surface area (Å²) < 4.78 is 28.4. The Balaban J connectivity index is 3.02. The Morgan fingerprint density at radius 2 is 2.05 bits per heavy atom. The predicted molar refractivity (Wildman–Crippen MR) is 82.4 cm³/mol. The van der Waals surface area contributed by atoms with E-state index >= 15 is 0 Å². The molecule has 0 aliphatic rings. The Hall–Kier alpha value is -1.27. The molecule has 0 aliphatic heterocycles. The monoisotopic (exact) mass is 333 g/mol. The second kappa shape index (κ2) is 7.66. The molecular formula is C14H20ClNO4S. The van der Waals surface area contributed by atoms with Crippen molar-refractivity contribution in [2.75, 3.05) is 13.2 Å². The first-order valence-electron chi connectivity index (χ1n) is 6.79. The molecular weight excluding hydrogens is 314 g/mol. The lowest BCUT2D eigenvalue weighted by molar-refractivity contribution is 0.0947. The van der Waals surface area contributed by atoms with Gasteiger partial charge in [-0.1, -0.05) is 20.3 Å². The van der Waals surface area contributed by atoms with Gasteiger partial charge in [0.2, 0.25) is 0 Å². The highest BCUT2D eigenvalue weighted by Gasteiger charge is 2.19. The molecule has 0 aliphatic carbocycles. The number of halogens is 1. The lowest BCUT2D eigenvalue weighted by Crippen LogP contribution is -2.28. The topological polar surface area (TPSA) is 72.5 Å². The third kappa shape index (κ3) is 5.21. The first-order valence-corrected chi connectivity index (χ1v) is 9.10. The quantitative estimate of drug-likeness (QED) is 0.779. The van der Waals surface area contributed by atoms with Crippen molar-refractivity contribution >= 4 is 25.6 Å². The minimum absolute atomic E-state index is 0.144. The maximum atomic E-state index is 12.0. The molecule has 1 atom stereocenters. The Morgan fingerprint density at radius 3 is 2.57 bits per heavy atom. The molecule has 7 heteroatoms. The smallest absolute Gasteiger partial charge is 0.265 e. The van der Waals surface area contributed by atoms with Crippen LogP contribution < -0.4 is 10.1 Å². The number of nitrogens with one attached hydrogen (secondary N) is 1. The first kappa shape index (κ1) is 17.8. The van der Waals surface area contributed by atoms with Gasteiger partial charge < -0.3 is 10.1 Å². The highest BCUT2D eigenvalue weighted by Crippen LogP contribution is 2.28. The van der Waals surface area contributed by atoms with Crippen LogP contribution in [-0.4, -0.2) is 27.5 Å². The Bertz CT molecular complexity index is 601. The van der Waals surface area contributed by atoms with Crippen LogP contribution in [0.2, 0.25) is 0 Å². The van der Waals surface area contributed by atoms with Crippen LogP contribution in [0.5, 0.6) is 5.75 Å². The van der Waals surface area contributed by atoms with Crippen molar-refractivity contribution < 1.29 is 17.9 Å². The van der Waals surface area contributed by atoms with Crippen LogP contribution in [0.1, 0.15) is 37.6 Å². The predicted octanol–water partition coefficient (Wildman–Crippen LogP) is 2.79. The molecule has 0 saturated carbocycles. The fourth-order valence-corrected chi connectivity index (χ4v) is 2.62. The molecule has 1 unspecified atom stereocenters. The van der Waals surface area contributed by atoms with Gasteiger partial charge in [0, 0.05) is 22.8 Å². The summed E-state index contributed by atoms with van der Waals surface area (Å²) in [5, 5.41) is 2.76.